The zero-order valence-electron chi connectivity index (χ0n) is 22.6. The number of ether oxygens (including phenoxy) is 1. The van der Waals surface area contributed by atoms with Crippen LogP contribution in [0.25, 0.3) is 16.7 Å². The molecule has 2 aliphatic heterocycles. The molecule has 1 atom stereocenters. The molecule has 6 rings (SSSR count). The van der Waals surface area contributed by atoms with Crippen LogP contribution in [0, 0.1) is 5.92 Å². The van der Waals surface area contributed by atoms with Crippen molar-refractivity contribution >= 4 is 40.0 Å². The Hall–Kier alpha value is -4.18. The summed E-state index contributed by atoms with van der Waals surface area (Å²) in [6, 6.07) is 8.25. The van der Waals surface area contributed by atoms with E-state index in [4.69, 9.17) is 9.72 Å². The molecule has 10 heteroatoms. The molecule has 0 amide bonds. The average molecular weight is 528 g/mol. The molecule has 0 spiro atoms. The number of piperazine rings is 1. The molecule has 1 aromatic carbocycles. The van der Waals surface area contributed by atoms with E-state index >= 15 is 0 Å². The fourth-order valence-electron chi connectivity index (χ4n) is 5.66. The third-order valence-corrected chi connectivity index (χ3v) is 7.92. The SMILES string of the molecule is C=CCn1c(=O)c2cnc(Nc3ccc(N4CCN(C)CC4)cc3)nc2n1C1=CC=C2C(=O)OC(C)(C)C2C1. The maximum atomic E-state index is 13.3. The summed E-state index contributed by atoms with van der Waals surface area (Å²) in [5.74, 6) is -0.00622. The number of nitrogens with zero attached hydrogens (tertiary/aromatic N) is 6. The van der Waals surface area contributed by atoms with Gasteiger partial charge in [0.1, 0.15) is 11.0 Å². The summed E-state index contributed by atoms with van der Waals surface area (Å²) in [4.78, 5) is 39.6. The van der Waals surface area contributed by atoms with E-state index in [0.29, 0.717) is 35.5 Å². The van der Waals surface area contributed by atoms with Gasteiger partial charge < -0.3 is 19.9 Å². The number of benzene rings is 1. The Morgan fingerprint density at radius 2 is 1.87 bits per heavy atom. The molecule has 4 heterocycles. The lowest BCUT2D eigenvalue weighted by Gasteiger charge is -2.34. The largest absolute Gasteiger partial charge is 0.456 e. The number of carbonyl (C=O) groups is 1. The highest BCUT2D eigenvalue weighted by molar-refractivity contribution is 5.94. The van der Waals surface area contributed by atoms with E-state index in [1.54, 1.807) is 23.0 Å². The second-order valence-electron chi connectivity index (χ2n) is 10.9. The fourth-order valence-corrected chi connectivity index (χ4v) is 5.66. The minimum Gasteiger partial charge on any atom is -0.456 e. The lowest BCUT2D eigenvalue weighted by atomic mass is 9.81. The molecule has 3 aliphatic rings. The first-order valence-electron chi connectivity index (χ1n) is 13.3. The van der Waals surface area contributed by atoms with Gasteiger partial charge in [-0.1, -0.05) is 6.08 Å². The van der Waals surface area contributed by atoms with Crippen LogP contribution in [0.3, 0.4) is 0 Å². The van der Waals surface area contributed by atoms with Gasteiger partial charge in [0.25, 0.3) is 5.56 Å². The number of nitrogens with one attached hydrogen (secondary N) is 1. The van der Waals surface area contributed by atoms with Crippen molar-refractivity contribution in [2.45, 2.75) is 32.4 Å². The van der Waals surface area contributed by atoms with Crippen LogP contribution < -0.4 is 15.8 Å². The summed E-state index contributed by atoms with van der Waals surface area (Å²) in [5, 5.41) is 3.71. The molecule has 10 nitrogen and oxygen atoms in total. The molecule has 0 radical (unpaired) electrons. The van der Waals surface area contributed by atoms with Crippen molar-refractivity contribution in [1.82, 2.24) is 24.2 Å². The summed E-state index contributed by atoms with van der Waals surface area (Å²) >= 11 is 0. The summed E-state index contributed by atoms with van der Waals surface area (Å²) in [6.07, 6.45) is 7.46. The van der Waals surface area contributed by atoms with Gasteiger partial charge in [0.15, 0.2) is 5.65 Å². The number of allylic oxidation sites excluding steroid dienone is 4. The zero-order chi connectivity index (χ0) is 27.3. The van der Waals surface area contributed by atoms with Crippen LogP contribution in [-0.2, 0) is 16.1 Å². The number of carbonyl (C=O) groups excluding carboxylic acids is 1. The van der Waals surface area contributed by atoms with Crippen molar-refractivity contribution < 1.29 is 9.53 Å². The molecule has 0 bridgehead atoms. The van der Waals surface area contributed by atoms with E-state index < -0.39 is 5.60 Å². The monoisotopic (exact) mass is 527 g/mol. The van der Waals surface area contributed by atoms with Crippen LogP contribution >= 0.6 is 0 Å². The first-order valence-corrected chi connectivity index (χ1v) is 13.3. The number of fused-ring (bicyclic) bond motifs is 2. The quantitative estimate of drug-likeness (QED) is 0.385. The van der Waals surface area contributed by atoms with Crippen LogP contribution in [0.1, 0.15) is 20.3 Å². The van der Waals surface area contributed by atoms with E-state index in [1.165, 1.54) is 5.69 Å². The Bertz CT molecular complexity index is 1570. The Kier molecular flexibility index (Phi) is 6.14. The third kappa shape index (κ3) is 4.44. The number of cyclic esters (lactones) is 1. The number of hydrogen-bond donors (Lipinski definition) is 1. The highest BCUT2D eigenvalue weighted by atomic mass is 16.6. The van der Waals surface area contributed by atoms with E-state index in [9.17, 15) is 9.59 Å². The number of likely N-dealkylation sites (N-methyl/N-ethyl adjacent to an activating group) is 1. The van der Waals surface area contributed by atoms with Crippen LogP contribution in [0.4, 0.5) is 17.3 Å². The second-order valence-corrected chi connectivity index (χ2v) is 10.9. The van der Waals surface area contributed by atoms with Crippen molar-refractivity contribution in [3.63, 3.8) is 0 Å². The van der Waals surface area contributed by atoms with Gasteiger partial charge in [0, 0.05) is 67.4 Å². The van der Waals surface area contributed by atoms with Gasteiger partial charge in [-0.3, -0.25) is 4.79 Å². The van der Waals surface area contributed by atoms with Crippen LogP contribution in [0.5, 0.6) is 0 Å². The van der Waals surface area contributed by atoms with Crippen molar-refractivity contribution in [2.24, 2.45) is 5.92 Å². The smallest absolute Gasteiger partial charge is 0.335 e. The highest BCUT2D eigenvalue weighted by Gasteiger charge is 2.47. The standard InChI is InChI=1S/C29H33N7O3/c1-5-12-35-26(37)23-18-30-28(31-19-6-8-20(9-7-19)34-15-13-33(4)14-16-34)32-25(23)36(35)21-10-11-22-24(17-21)29(2,3)39-27(22)38/h5-11,18,24H,1,12-17H2,2-4H3,(H,30,31,32). The Balaban J connectivity index is 1.33. The first-order chi connectivity index (χ1) is 18.7. The number of anilines is 3. The van der Waals surface area contributed by atoms with E-state index in [-0.39, 0.29) is 17.4 Å². The lowest BCUT2D eigenvalue weighted by Crippen LogP contribution is -2.44. The van der Waals surface area contributed by atoms with Gasteiger partial charge in [-0.25, -0.2) is 19.1 Å². The number of esters is 1. The van der Waals surface area contributed by atoms with Gasteiger partial charge >= 0.3 is 5.97 Å². The van der Waals surface area contributed by atoms with Crippen molar-refractivity contribution in [3.05, 3.63) is 71.2 Å². The zero-order valence-corrected chi connectivity index (χ0v) is 22.6. The molecule has 202 valence electrons. The normalized spacial score (nSPS) is 20.8. The molecule has 2 saturated heterocycles. The molecule has 2 aromatic heterocycles. The minimum absolute atomic E-state index is 0.118. The summed E-state index contributed by atoms with van der Waals surface area (Å²) in [6.45, 7) is 12.1. The van der Waals surface area contributed by atoms with E-state index in [1.807, 2.05) is 36.7 Å². The van der Waals surface area contributed by atoms with Gasteiger partial charge in [0.2, 0.25) is 5.95 Å². The van der Waals surface area contributed by atoms with Crippen LogP contribution in [0.2, 0.25) is 0 Å². The lowest BCUT2D eigenvalue weighted by molar-refractivity contribution is -0.144. The number of aromatic nitrogens is 4. The second kappa shape index (κ2) is 9.53. The van der Waals surface area contributed by atoms with E-state index in [0.717, 1.165) is 37.6 Å². The van der Waals surface area contributed by atoms with Crippen LogP contribution in [-0.4, -0.2) is 69.0 Å². The highest BCUT2D eigenvalue weighted by Crippen LogP contribution is 2.44. The topological polar surface area (TPSA) is 97.5 Å². The summed E-state index contributed by atoms with van der Waals surface area (Å²) in [5.41, 5.74) is 3.24. The maximum Gasteiger partial charge on any atom is 0.335 e. The fraction of sp³-hybridized carbons (Fsp3) is 0.379. The molecule has 39 heavy (non-hydrogen) atoms. The molecule has 1 aliphatic carbocycles. The molecular formula is C29H33N7O3. The average Bonchev–Trinajstić information content (AvgIpc) is 3.33. The van der Waals surface area contributed by atoms with Crippen molar-refractivity contribution in [1.29, 1.82) is 0 Å². The number of hydrogen-bond acceptors (Lipinski definition) is 8. The Morgan fingerprint density at radius 3 is 2.59 bits per heavy atom. The summed E-state index contributed by atoms with van der Waals surface area (Å²) in [7, 11) is 2.15. The molecule has 1 N–H and O–H groups in total. The molecule has 3 aromatic rings. The van der Waals surface area contributed by atoms with Gasteiger partial charge in [-0.2, -0.15) is 4.98 Å². The van der Waals surface area contributed by atoms with Gasteiger partial charge in [-0.05, 0) is 57.3 Å². The predicted octanol–water partition coefficient (Wildman–Crippen LogP) is 3.40. The van der Waals surface area contributed by atoms with Gasteiger partial charge in [-0.15, -0.1) is 6.58 Å². The molecular weight excluding hydrogens is 494 g/mol. The minimum atomic E-state index is -0.632. The molecule has 2 fully saturated rings. The van der Waals surface area contributed by atoms with Crippen molar-refractivity contribution in [2.75, 3.05) is 43.4 Å². The third-order valence-electron chi connectivity index (χ3n) is 7.92. The Morgan fingerprint density at radius 1 is 1.13 bits per heavy atom. The maximum absolute atomic E-state index is 13.3. The predicted molar refractivity (Wildman–Crippen MR) is 152 cm³/mol. The summed E-state index contributed by atoms with van der Waals surface area (Å²) < 4.78 is 9.05. The molecule has 1 unspecified atom stereocenters. The first kappa shape index (κ1) is 25.1. The molecule has 0 saturated carbocycles. The van der Waals surface area contributed by atoms with Crippen LogP contribution in [0.15, 0.2) is 65.6 Å². The van der Waals surface area contributed by atoms with Crippen molar-refractivity contribution in [3.8, 4) is 0 Å². The number of rotatable bonds is 6. The van der Waals surface area contributed by atoms with Gasteiger partial charge in [0.05, 0.1) is 6.54 Å². The Labute approximate surface area is 226 Å². The van der Waals surface area contributed by atoms with E-state index in [2.05, 4.69) is 45.9 Å².